The SMILES string of the molecule is CCCn1nccc1C(NC)c1ccc(SC)cc1. The molecule has 0 radical (unpaired) electrons. The van der Waals surface area contributed by atoms with Gasteiger partial charge in [0, 0.05) is 17.6 Å². The second kappa shape index (κ2) is 6.78. The average molecular weight is 275 g/mol. The Labute approximate surface area is 119 Å². The molecule has 0 saturated heterocycles. The smallest absolute Gasteiger partial charge is 0.0745 e. The fourth-order valence-electron chi connectivity index (χ4n) is 2.27. The lowest BCUT2D eigenvalue weighted by Gasteiger charge is -2.18. The van der Waals surface area contributed by atoms with Gasteiger partial charge >= 0.3 is 0 Å². The minimum atomic E-state index is 0.199. The first-order valence-electron chi connectivity index (χ1n) is 6.63. The summed E-state index contributed by atoms with van der Waals surface area (Å²) >= 11 is 1.77. The highest BCUT2D eigenvalue weighted by molar-refractivity contribution is 7.98. The molecule has 0 amide bonds. The van der Waals surface area contributed by atoms with Crippen LogP contribution in [0.3, 0.4) is 0 Å². The Morgan fingerprint density at radius 3 is 2.58 bits per heavy atom. The predicted molar refractivity (Wildman–Crippen MR) is 81.6 cm³/mol. The fraction of sp³-hybridized carbons (Fsp3) is 0.400. The van der Waals surface area contributed by atoms with Gasteiger partial charge in [0.25, 0.3) is 0 Å². The van der Waals surface area contributed by atoms with Crippen LogP contribution in [0.1, 0.15) is 30.6 Å². The molecule has 2 rings (SSSR count). The average Bonchev–Trinajstić information content (AvgIpc) is 2.89. The zero-order valence-electron chi connectivity index (χ0n) is 11.8. The van der Waals surface area contributed by atoms with Gasteiger partial charge < -0.3 is 5.32 Å². The van der Waals surface area contributed by atoms with Crippen LogP contribution < -0.4 is 5.32 Å². The molecule has 3 nitrogen and oxygen atoms in total. The van der Waals surface area contributed by atoms with E-state index >= 15 is 0 Å². The Bertz CT molecular complexity index is 504. The van der Waals surface area contributed by atoms with Crippen molar-refractivity contribution in [3.63, 3.8) is 0 Å². The molecule has 0 bridgehead atoms. The second-order valence-electron chi connectivity index (χ2n) is 4.47. The van der Waals surface area contributed by atoms with Crippen molar-refractivity contribution in [2.75, 3.05) is 13.3 Å². The van der Waals surface area contributed by atoms with E-state index in [0.29, 0.717) is 0 Å². The third-order valence-corrected chi connectivity index (χ3v) is 3.96. The maximum atomic E-state index is 4.41. The molecule has 0 aliphatic heterocycles. The van der Waals surface area contributed by atoms with Crippen LogP contribution in [0, 0.1) is 0 Å². The molecular weight excluding hydrogens is 254 g/mol. The minimum Gasteiger partial charge on any atom is -0.308 e. The van der Waals surface area contributed by atoms with Gasteiger partial charge in [-0.1, -0.05) is 19.1 Å². The summed E-state index contributed by atoms with van der Waals surface area (Å²) in [5, 5.41) is 7.80. The molecule has 1 N–H and O–H groups in total. The van der Waals surface area contributed by atoms with Gasteiger partial charge in [-0.15, -0.1) is 11.8 Å². The number of hydrogen-bond donors (Lipinski definition) is 1. The Hall–Kier alpha value is -1.26. The largest absolute Gasteiger partial charge is 0.308 e. The van der Waals surface area contributed by atoms with Crippen LogP contribution in [0.25, 0.3) is 0 Å². The van der Waals surface area contributed by atoms with E-state index in [1.165, 1.54) is 16.2 Å². The van der Waals surface area contributed by atoms with E-state index in [1.54, 1.807) is 11.8 Å². The number of hydrogen-bond acceptors (Lipinski definition) is 3. The van der Waals surface area contributed by atoms with Crippen LogP contribution in [-0.2, 0) is 6.54 Å². The third kappa shape index (κ3) is 3.19. The number of thioether (sulfide) groups is 1. The zero-order valence-corrected chi connectivity index (χ0v) is 12.6. The number of aromatic nitrogens is 2. The van der Waals surface area contributed by atoms with Crippen molar-refractivity contribution in [3.05, 3.63) is 47.8 Å². The fourth-order valence-corrected chi connectivity index (χ4v) is 2.68. The quantitative estimate of drug-likeness (QED) is 0.820. The van der Waals surface area contributed by atoms with Crippen molar-refractivity contribution in [2.24, 2.45) is 0 Å². The van der Waals surface area contributed by atoms with Crippen LogP contribution in [-0.4, -0.2) is 23.1 Å². The first-order chi connectivity index (χ1) is 9.30. The number of benzene rings is 1. The minimum absolute atomic E-state index is 0.199. The Balaban J connectivity index is 2.29. The lowest BCUT2D eigenvalue weighted by molar-refractivity contribution is 0.534. The van der Waals surface area contributed by atoms with E-state index in [2.05, 4.69) is 58.6 Å². The van der Waals surface area contributed by atoms with E-state index < -0.39 is 0 Å². The van der Waals surface area contributed by atoms with Gasteiger partial charge in [-0.2, -0.15) is 5.10 Å². The monoisotopic (exact) mass is 275 g/mol. The Morgan fingerprint density at radius 1 is 1.26 bits per heavy atom. The summed E-state index contributed by atoms with van der Waals surface area (Å²) < 4.78 is 2.09. The highest BCUT2D eigenvalue weighted by atomic mass is 32.2. The number of aryl methyl sites for hydroxylation is 1. The van der Waals surface area contributed by atoms with E-state index in [1.807, 2.05) is 13.2 Å². The molecule has 102 valence electrons. The summed E-state index contributed by atoms with van der Waals surface area (Å²) in [6, 6.07) is 11.0. The Kier molecular flexibility index (Phi) is 5.05. The maximum absolute atomic E-state index is 4.41. The van der Waals surface area contributed by atoms with Gasteiger partial charge in [-0.05, 0) is 43.5 Å². The van der Waals surface area contributed by atoms with Gasteiger partial charge in [-0.25, -0.2) is 0 Å². The van der Waals surface area contributed by atoms with Gasteiger partial charge in [0.05, 0.1) is 11.7 Å². The first kappa shape index (κ1) is 14.2. The van der Waals surface area contributed by atoms with Crippen LogP contribution in [0.5, 0.6) is 0 Å². The van der Waals surface area contributed by atoms with Crippen molar-refractivity contribution in [2.45, 2.75) is 30.8 Å². The molecule has 1 heterocycles. The van der Waals surface area contributed by atoms with E-state index in [0.717, 1.165) is 13.0 Å². The summed E-state index contributed by atoms with van der Waals surface area (Å²) in [6.07, 6.45) is 5.07. The molecule has 0 spiro atoms. The second-order valence-corrected chi connectivity index (χ2v) is 5.35. The topological polar surface area (TPSA) is 29.9 Å². The van der Waals surface area contributed by atoms with Gasteiger partial charge in [0.2, 0.25) is 0 Å². The normalized spacial score (nSPS) is 12.6. The molecule has 0 fully saturated rings. The van der Waals surface area contributed by atoms with Crippen molar-refractivity contribution >= 4 is 11.8 Å². The van der Waals surface area contributed by atoms with E-state index in [-0.39, 0.29) is 6.04 Å². The molecule has 1 unspecified atom stereocenters. The lowest BCUT2D eigenvalue weighted by atomic mass is 10.0. The molecule has 0 aliphatic carbocycles. The molecule has 0 saturated carbocycles. The third-order valence-electron chi connectivity index (χ3n) is 3.22. The Morgan fingerprint density at radius 2 is 2.00 bits per heavy atom. The van der Waals surface area contributed by atoms with Crippen LogP contribution in [0.15, 0.2) is 41.4 Å². The molecule has 1 aromatic carbocycles. The van der Waals surface area contributed by atoms with Crippen molar-refractivity contribution in [1.82, 2.24) is 15.1 Å². The van der Waals surface area contributed by atoms with Crippen molar-refractivity contribution in [3.8, 4) is 0 Å². The predicted octanol–water partition coefficient (Wildman–Crippen LogP) is 3.32. The highest BCUT2D eigenvalue weighted by Gasteiger charge is 2.16. The van der Waals surface area contributed by atoms with E-state index in [4.69, 9.17) is 0 Å². The summed E-state index contributed by atoms with van der Waals surface area (Å²) in [5.74, 6) is 0. The van der Waals surface area contributed by atoms with Gasteiger partial charge in [0.1, 0.15) is 0 Å². The molecule has 4 heteroatoms. The van der Waals surface area contributed by atoms with Crippen LogP contribution in [0.4, 0.5) is 0 Å². The number of rotatable bonds is 6. The standard InChI is InChI=1S/C15H21N3S/c1-4-11-18-14(9-10-17-18)15(16-2)12-5-7-13(19-3)8-6-12/h5-10,15-16H,4,11H2,1-3H3. The van der Waals surface area contributed by atoms with E-state index in [9.17, 15) is 0 Å². The lowest BCUT2D eigenvalue weighted by Crippen LogP contribution is -2.21. The molecule has 0 aliphatic rings. The summed E-state index contributed by atoms with van der Waals surface area (Å²) in [4.78, 5) is 1.29. The maximum Gasteiger partial charge on any atom is 0.0745 e. The van der Waals surface area contributed by atoms with Gasteiger partial charge in [-0.3, -0.25) is 4.68 Å². The summed E-state index contributed by atoms with van der Waals surface area (Å²) in [7, 11) is 2.00. The molecule has 1 aromatic heterocycles. The molecule has 1 atom stereocenters. The first-order valence-corrected chi connectivity index (χ1v) is 7.85. The molecular formula is C15H21N3S. The highest BCUT2D eigenvalue weighted by Crippen LogP contribution is 2.24. The summed E-state index contributed by atoms with van der Waals surface area (Å²) in [5.41, 5.74) is 2.50. The molecule has 2 aromatic rings. The zero-order chi connectivity index (χ0) is 13.7. The number of nitrogens with one attached hydrogen (secondary N) is 1. The van der Waals surface area contributed by atoms with Gasteiger partial charge in [0.15, 0.2) is 0 Å². The number of nitrogens with zero attached hydrogens (tertiary/aromatic N) is 2. The molecule has 19 heavy (non-hydrogen) atoms. The van der Waals surface area contributed by atoms with Crippen molar-refractivity contribution in [1.29, 1.82) is 0 Å². The van der Waals surface area contributed by atoms with Crippen molar-refractivity contribution < 1.29 is 0 Å². The van der Waals surface area contributed by atoms with Crippen LogP contribution in [0.2, 0.25) is 0 Å². The summed E-state index contributed by atoms with van der Waals surface area (Å²) in [6.45, 7) is 3.14. The van der Waals surface area contributed by atoms with Crippen LogP contribution >= 0.6 is 11.8 Å².